The molecule has 5 rings (SSSR count). The first-order chi connectivity index (χ1) is 16.3. The van der Waals surface area contributed by atoms with Crippen LogP contribution in [0.15, 0.2) is 46.1 Å². The summed E-state index contributed by atoms with van der Waals surface area (Å²) in [5, 5.41) is 0. The summed E-state index contributed by atoms with van der Waals surface area (Å²) in [4.78, 5) is 27.0. The van der Waals surface area contributed by atoms with Crippen LogP contribution < -0.4 is 10.3 Å². The molecule has 0 saturated carbocycles. The maximum Gasteiger partial charge on any atom is 0.279 e. The van der Waals surface area contributed by atoms with Crippen molar-refractivity contribution in [2.45, 2.75) is 18.7 Å². The van der Waals surface area contributed by atoms with Crippen LogP contribution >= 0.6 is 0 Å². The van der Waals surface area contributed by atoms with E-state index in [2.05, 4.69) is 14.9 Å². The highest BCUT2D eigenvalue weighted by atomic mass is 32.2. The molecule has 0 aliphatic carbocycles. The van der Waals surface area contributed by atoms with Crippen LogP contribution in [0.25, 0.3) is 28.2 Å². The van der Waals surface area contributed by atoms with Gasteiger partial charge in [-0.15, -0.1) is 0 Å². The Morgan fingerprint density at radius 3 is 2.59 bits per heavy atom. The second-order valence-electron chi connectivity index (χ2n) is 8.36. The monoisotopic (exact) mass is 482 g/mol. The number of hydrogen-bond donors (Lipinski definition) is 1. The second kappa shape index (κ2) is 8.49. The predicted octanol–water partition coefficient (Wildman–Crippen LogP) is 1.88. The molecule has 1 N–H and O–H groups in total. The summed E-state index contributed by atoms with van der Waals surface area (Å²) in [6.07, 6.45) is 0. The molecule has 11 heteroatoms. The topological polar surface area (TPSA) is 113 Å². The van der Waals surface area contributed by atoms with E-state index < -0.39 is 15.6 Å². The average molecular weight is 483 g/mol. The summed E-state index contributed by atoms with van der Waals surface area (Å²) >= 11 is 0. The molecule has 1 saturated heterocycles. The van der Waals surface area contributed by atoms with Crippen LogP contribution in [0.1, 0.15) is 12.6 Å². The number of aromatic amines is 1. The molecule has 1 aromatic carbocycles. The Labute approximate surface area is 196 Å². The minimum atomic E-state index is -3.72. The minimum absolute atomic E-state index is 0.132. The highest BCUT2D eigenvalue weighted by molar-refractivity contribution is 7.89. The van der Waals surface area contributed by atoms with Gasteiger partial charge in [0.25, 0.3) is 5.56 Å². The van der Waals surface area contributed by atoms with E-state index in [1.165, 1.54) is 16.4 Å². The van der Waals surface area contributed by atoms with Crippen molar-refractivity contribution in [3.8, 4) is 17.1 Å². The van der Waals surface area contributed by atoms with E-state index in [-0.39, 0.29) is 16.2 Å². The number of benzene rings is 1. The third-order valence-corrected chi connectivity index (χ3v) is 7.98. The van der Waals surface area contributed by atoms with Crippen molar-refractivity contribution in [2.24, 2.45) is 0 Å². The zero-order valence-corrected chi connectivity index (χ0v) is 20.1. The maximum atomic E-state index is 13.4. The van der Waals surface area contributed by atoms with Gasteiger partial charge >= 0.3 is 0 Å². The fourth-order valence-corrected chi connectivity index (χ4v) is 5.68. The van der Waals surface area contributed by atoms with Gasteiger partial charge in [0.15, 0.2) is 11.2 Å². The molecule has 1 aliphatic rings. The van der Waals surface area contributed by atoms with Crippen molar-refractivity contribution in [3.05, 3.63) is 52.4 Å². The first-order valence-corrected chi connectivity index (χ1v) is 12.6. The van der Waals surface area contributed by atoms with Gasteiger partial charge in [0, 0.05) is 31.9 Å². The highest BCUT2D eigenvalue weighted by Crippen LogP contribution is 2.32. The lowest BCUT2D eigenvalue weighted by molar-refractivity contribution is 0.222. The van der Waals surface area contributed by atoms with Gasteiger partial charge < -0.3 is 14.6 Å². The molecular weight excluding hydrogens is 456 g/mol. The van der Waals surface area contributed by atoms with Gasteiger partial charge in [-0.05, 0) is 51.2 Å². The van der Waals surface area contributed by atoms with Crippen LogP contribution in [0.4, 0.5) is 0 Å². The lowest BCUT2D eigenvalue weighted by Gasteiger charge is -2.31. The van der Waals surface area contributed by atoms with E-state index in [4.69, 9.17) is 9.72 Å². The number of aromatic nitrogens is 4. The quantitative estimate of drug-likeness (QED) is 0.462. The average Bonchev–Trinajstić information content (AvgIpc) is 3.20. The number of nitrogens with one attached hydrogen (secondary N) is 1. The van der Waals surface area contributed by atoms with Crippen LogP contribution in [0.5, 0.6) is 5.75 Å². The number of aryl methyl sites for hydroxylation is 1. The van der Waals surface area contributed by atoms with E-state index in [1.807, 2.05) is 39.1 Å². The number of imidazole rings is 1. The molecule has 4 aromatic rings. The van der Waals surface area contributed by atoms with Crippen molar-refractivity contribution < 1.29 is 13.2 Å². The van der Waals surface area contributed by atoms with Gasteiger partial charge in [0.05, 0.1) is 17.1 Å². The molecule has 3 aromatic heterocycles. The Morgan fingerprint density at radius 2 is 1.85 bits per heavy atom. The first-order valence-electron chi connectivity index (χ1n) is 11.1. The molecule has 10 nitrogen and oxygen atoms in total. The fraction of sp³-hybridized carbons (Fsp3) is 0.348. The van der Waals surface area contributed by atoms with Crippen molar-refractivity contribution in [3.63, 3.8) is 0 Å². The van der Waals surface area contributed by atoms with Gasteiger partial charge in [-0.3, -0.25) is 9.20 Å². The van der Waals surface area contributed by atoms with Gasteiger partial charge in [-0.1, -0.05) is 6.07 Å². The molecule has 0 atom stereocenters. The lowest BCUT2D eigenvalue weighted by Crippen LogP contribution is -2.47. The third kappa shape index (κ3) is 3.75. The van der Waals surface area contributed by atoms with Gasteiger partial charge in [0.1, 0.15) is 17.2 Å². The van der Waals surface area contributed by atoms with E-state index in [0.717, 1.165) is 5.69 Å². The minimum Gasteiger partial charge on any atom is -0.493 e. The SMILES string of the molecule is CCOc1ccc(S(=O)(=O)N2CCN(C)CC2)cc1-c1nc2c(nc3cccc(C)n32)c(=O)[nH]1. The summed E-state index contributed by atoms with van der Waals surface area (Å²) in [6, 6.07) is 10.3. The summed E-state index contributed by atoms with van der Waals surface area (Å²) in [6.45, 7) is 6.30. The smallest absolute Gasteiger partial charge is 0.279 e. The number of ether oxygens (including phenoxy) is 1. The molecule has 4 heterocycles. The maximum absolute atomic E-state index is 13.4. The van der Waals surface area contributed by atoms with E-state index >= 15 is 0 Å². The van der Waals surface area contributed by atoms with Gasteiger partial charge in [-0.25, -0.2) is 18.4 Å². The standard InChI is InChI=1S/C23H26N6O4S/c1-4-33-18-9-8-16(34(31,32)28-12-10-27(3)11-13-28)14-17(18)21-25-22-20(23(30)26-21)24-19-7-5-6-15(2)29(19)22/h5-9,14H,4,10-13H2,1-3H3,(H,25,26,30). The van der Waals surface area contributed by atoms with Gasteiger partial charge in [-0.2, -0.15) is 4.31 Å². The highest BCUT2D eigenvalue weighted by Gasteiger charge is 2.29. The number of nitrogens with zero attached hydrogens (tertiary/aromatic N) is 5. The molecule has 0 spiro atoms. The number of H-pyrrole nitrogens is 1. The molecule has 0 radical (unpaired) electrons. The molecule has 0 amide bonds. The Bertz CT molecular complexity index is 1550. The van der Waals surface area contributed by atoms with E-state index in [9.17, 15) is 13.2 Å². The van der Waals surface area contributed by atoms with Crippen LogP contribution in [0, 0.1) is 6.92 Å². The summed E-state index contributed by atoms with van der Waals surface area (Å²) < 4.78 is 35.8. The molecule has 0 bridgehead atoms. The lowest BCUT2D eigenvalue weighted by atomic mass is 10.2. The molecule has 34 heavy (non-hydrogen) atoms. The van der Waals surface area contributed by atoms with E-state index in [0.29, 0.717) is 55.4 Å². The van der Waals surface area contributed by atoms with Gasteiger partial charge in [0.2, 0.25) is 10.0 Å². The largest absolute Gasteiger partial charge is 0.493 e. The number of piperazine rings is 1. The van der Waals surface area contributed by atoms with Crippen molar-refractivity contribution in [1.82, 2.24) is 28.6 Å². The number of likely N-dealkylation sites (N-methyl/N-ethyl adjacent to an activating group) is 1. The Hall–Kier alpha value is -3.28. The number of fused-ring (bicyclic) bond motifs is 3. The van der Waals surface area contributed by atoms with Crippen LogP contribution in [0.3, 0.4) is 0 Å². The van der Waals surface area contributed by atoms with Crippen molar-refractivity contribution in [1.29, 1.82) is 0 Å². The predicted molar refractivity (Wildman–Crippen MR) is 129 cm³/mol. The molecule has 1 aliphatic heterocycles. The summed E-state index contributed by atoms with van der Waals surface area (Å²) in [5.41, 5.74) is 2.11. The summed E-state index contributed by atoms with van der Waals surface area (Å²) in [5.74, 6) is 0.661. The van der Waals surface area contributed by atoms with E-state index in [1.54, 1.807) is 10.5 Å². The number of pyridine rings is 1. The van der Waals surface area contributed by atoms with Crippen LogP contribution in [-0.4, -0.2) is 76.8 Å². The number of sulfonamides is 1. The first kappa shape index (κ1) is 22.5. The normalized spacial score (nSPS) is 15.9. The molecule has 0 unspecified atom stereocenters. The Kier molecular flexibility index (Phi) is 5.62. The third-order valence-electron chi connectivity index (χ3n) is 6.09. The zero-order chi connectivity index (χ0) is 24.0. The molecular formula is C23H26N6O4S. The Morgan fingerprint density at radius 1 is 1.09 bits per heavy atom. The van der Waals surface area contributed by atoms with Crippen LogP contribution in [-0.2, 0) is 10.0 Å². The molecule has 1 fully saturated rings. The molecule has 178 valence electrons. The fourth-order valence-electron chi connectivity index (χ4n) is 4.23. The van der Waals surface area contributed by atoms with Crippen LogP contribution in [0.2, 0.25) is 0 Å². The van der Waals surface area contributed by atoms with Crippen molar-refractivity contribution >= 4 is 26.8 Å². The Balaban J connectivity index is 1.68. The van der Waals surface area contributed by atoms with Crippen molar-refractivity contribution in [2.75, 3.05) is 39.8 Å². The summed E-state index contributed by atoms with van der Waals surface area (Å²) in [7, 11) is -1.75. The second-order valence-corrected chi connectivity index (χ2v) is 10.3. The number of rotatable bonds is 5. The zero-order valence-electron chi connectivity index (χ0n) is 19.3. The number of hydrogen-bond acceptors (Lipinski definition) is 7.